The Kier molecular flexibility index (Phi) is 4.38. The molecule has 1 amide bonds. The van der Waals surface area contributed by atoms with E-state index in [0.29, 0.717) is 6.42 Å². The van der Waals surface area contributed by atoms with Crippen LogP contribution in [0.4, 0.5) is 0 Å². The second-order valence-corrected chi connectivity index (χ2v) is 3.65. The Morgan fingerprint density at radius 2 is 2.35 bits per heavy atom. The molecule has 0 radical (unpaired) electrons. The summed E-state index contributed by atoms with van der Waals surface area (Å²) < 4.78 is 0. The monoisotopic (exact) mass is 237 g/mol. The van der Waals surface area contributed by atoms with Crippen LogP contribution in [0.2, 0.25) is 0 Å². The van der Waals surface area contributed by atoms with Crippen LogP contribution in [-0.2, 0) is 0 Å². The maximum Gasteiger partial charge on any atom is 0.274 e. The molecule has 0 fully saturated rings. The van der Waals surface area contributed by atoms with Crippen LogP contribution in [0.1, 0.15) is 23.8 Å². The van der Waals surface area contributed by atoms with Crippen molar-refractivity contribution >= 4 is 11.7 Å². The molecule has 0 bridgehead atoms. The van der Waals surface area contributed by atoms with Crippen LogP contribution in [0, 0.1) is 0 Å². The topological polar surface area (TPSA) is 105 Å². The SMILES string of the molecule is CC(CC(N)=NO)N(C)C(=O)c1cnccn1. The third-order valence-electron chi connectivity index (χ3n) is 2.40. The summed E-state index contributed by atoms with van der Waals surface area (Å²) in [7, 11) is 1.63. The molecule has 17 heavy (non-hydrogen) atoms. The first-order chi connectivity index (χ1) is 8.06. The molecule has 1 aromatic heterocycles. The van der Waals surface area contributed by atoms with E-state index in [9.17, 15) is 4.79 Å². The zero-order valence-corrected chi connectivity index (χ0v) is 9.74. The summed E-state index contributed by atoms with van der Waals surface area (Å²) in [5.74, 6) is -0.173. The van der Waals surface area contributed by atoms with E-state index in [0.717, 1.165) is 0 Å². The minimum atomic E-state index is -0.253. The molecule has 0 saturated carbocycles. The lowest BCUT2D eigenvalue weighted by Crippen LogP contribution is -2.38. The summed E-state index contributed by atoms with van der Waals surface area (Å²) in [5, 5.41) is 11.3. The number of hydrogen-bond donors (Lipinski definition) is 2. The van der Waals surface area contributed by atoms with Gasteiger partial charge in [0.15, 0.2) is 0 Å². The first-order valence-corrected chi connectivity index (χ1v) is 5.05. The highest BCUT2D eigenvalue weighted by Gasteiger charge is 2.19. The minimum Gasteiger partial charge on any atom is -0.409 e. The van der Waals surface area contributed by atoms with Gasteiger partial charge in [-0.25, -0.2) is 4.98 Å². The Bertz CT molecular complexity index is 406. The Morgan fingerprint density at radius 1 is 1.65 bits per heavy atom. The maximum absolute atomic E-state index is 11.9. The largest absolute Gasteiger partial charge is 0.409 e. The van der Waals surface area contributed by atoms with Crippen LogP contribution in [0.25, 0.3) is 0 Å². The highest BCUT2D eigenvalue weighted by Crippen LogP contribution is 2.05. The molecule has 1 atom stereocenters. The van der Waals surface area contributed by atoms with E-state index in [1.165, 1.54) is 23.5 Å². The normalized spacial score (nSPS) is 13.2. The van der Waals surface area contributed by atoms with Crippen molar-refractivity contribution in [1.29, 1.82) is 0 Å². The molecule has 1 aromatic rings. The second-order valence-electron chi connectivity index (χ2n) is 3.65. The van der Waals surface area contributed by atoms with Crippen molar-refractivity contribution in [3.63, 3.8) is 0 Å². The van der Waals surface area contributed by atoms with Crippen LogP contribution in [-0.4, -0.2) is 44.9 Å². The average molecular weight is 237 g/mol. The average Bonchev–Trinajstić information content (AvgIpc) is 2.37. The van der Waals surface area contributed by atoms with Gasteiger partial charge in [-0.15, -0.1) is 0 Å². The lowest BCUT2D eigenvalue weighted by molar-refractivity contribution is 0.0740. The molecular weight excluding hydrogens is 222 g/mol. The first kappa shape index (κ1) is 12.9. The number of nitrogens with zero attached hydrogens (tertiary/aromatic N) is 4. The lowest BCUT2D eigenvalue weighted by atomic mass is 10.2. The fourth-order valence-corrected chi connectivity index (χ4v) is 1.27. The van der Waals surface area contributed by atoms with E-state index in [2.05, 4.69) is 15.1 Å². The van der Waals surface area contributed by atoms with Gasteiger partial charge in [0.1, 0.15) is 11.5 Å². The Labute approximate surface area is 99.0 Å². The van der Waals surface area contributed by atoms with Crippen LogP contribution in [0.5, 0.6) is 0 Å². The van der Waals surface area contributed by atoms with Crippen molar-refractivity contribution in [2.24, 2.45) is 10.9 Å². The van der Waals surface area contributed by atoms with Crippen molar-refractivity contribution in [3.05, 3.63) is 24.3 Å². The summed E-state index contributed by atoms with van der Waals surface area (Å²) in [4.78, 5) is 21.2. The van der Waals surface area contributed by atoms with E-state index in [4.69, 9.17) is 10.9 Å². The maximum atomic E-state index is 11.9. The highest BCUT2D eigenvalue weighted by atomic mass is 16.4. The van der Waals surface area contributed by atoms with Gasteiger partial charge >= 0.3 is 0 Å². The molecule has 0 aliphatic rings. The lowest BCUT2D eigenvalue weighted by Gasteiger charge is -2.23. The van der Waals surface area contributed by atoms with Gasteiger partial charge in [-0.3, -0.25) is 9.78 Å². The predicted octanol–water partition coefficient (Wildman–Crippen LogP) is 0.0736. The number of nitrogens with two attached hydrogens (primary N) is 1. The second kappa shape index (κ2) is 5.78. The Hall–Kier alpha value is -2.18. The van der Waals surface area contributed by atoms with Gasteiger partial charge in [-0.05, 0) is 6.92 Å². The molecule has 7 nitrogen and oxygen atoms in total. The quantitative estimate of drug-likeness (QED) is 0.334. The van der Waals surface area contributed by atoms with E-state index < -0.39 is 0 Å². The van der Waals surface area contributed by atoms with E-state index in [1.807, 2.05) is 0 Å². The third kappa shape index (κ3) is 3.40. The van der Waals surface area contributed by atoms with Gasteiger partial charge in [0.2, 0.25) is 0 Å². The van der Waals surface area contributed by atoms with Gasteiger partial charge in [0.25, 0.3) is 5.91 Å². The zero-order chi connectivity index (χ0) is 12.8. The molecule has 0 saturated heterocycles. The molecule has 3 N–H and O–H groups in total. The number of aromatic nitrogens is 2. The molecule has 92 valence electrons. The number of hydrogen-bond acceptors (Lipinski definition) is 5. The van der Waals surface area contributed by atoms with E-state index in [1.54, 1.807) is 14.0 Å². The van der Waals surface area contributed by atoms with Crippen molar-refractivity contribution in [2.45, 2.75) is 19.4 Å². The Balaban J connectivity index is 2.70. The van der Waals surface area contributed by atoms with E-state index >= 15 is 0 Å². The Morgan fingerprint density at radius 3 is 2.88 bits per heavy atom. The van der Waals surface area contributed by atoms with Crippen LogP contribution in [0.3, 0.4) is 0 Å². The summed E-state index contributed by atoms with van der Waals surface area (Å²) in [6.07, 6.45) is 4.64. The number of amidine groups is 1. The van der Waals surface area contributed by atoms with Crippen LogP contribution < -0.4 is 5.73 Å². The number of carbonyl (C=O) groups excluding carboxylic acids is 1. The van der Waals surface area contributed by atoms with Crippen LogP contribution in [0.15, 0.2) is 23.7 Å². The highest BCUT2D eigenvalue weighted by molar-refractivity contribution is 5.92. The van der Waals surface area contributed by atoms with E-state index in [-0.39, 0.29) is 23.5 Å². The zero-order valence-electron chi connectivity index (χ0n) is 9.74. The number of amides is 1. The van der Waals surface area contributed by atoms with Gasteiger partial charge in [-0.2, -0.15) is 0 Å². The molecule has 1 heterocycles. The van der Waals surface area contributed by atoms with Gasteiger partial charge < -0.3 is 15.8 Å². The molecule has 7 heteroatoms. The van der Waals surface area contributed by atoms with Crippen LogP contribution >= 0.6 is 0 Å². The summed E-state index contributed by atoms with van der Waals surface area (Å²) in [6, 6.07) is -0.194. The number of oxime groups is 1. The molecule has 1 unspecified atom stereocenters. The minimum absolute atomic E-state index is 0.0799. The van der Waals surface area contributed by atoms with Crippen molar-refractivity contribution in [2.75, 3.05) is 7.05 Å². The smallest absolute Gasteiger partial charge is 0.274 e. The number of carbonyl (C=O) groups is 1. The summed E-state index contributed by atoms with van der Waals surface area (Å²) >= 11 is 0. The van der Waals surface area contributed by atoms with Gasteiger partial charge in [0, 0.05) is 31.9 Å². The molecule has 0 spiro atoms. The molecule has 0 aliphatic heterocycles. The first-order valence-electron chi connectivity index (χ1n) is 5.05. The predicted molar refractivity (Wildman–Crippen MR) is 61.6 cm³/mol. The summed E-state index contributed by atoms with van der Waals surface area (Å²) in [6.45, 7) is 1.80. The molecule has 0 aliphatic carbocycles. The number of rotatable bonds is 4. The third-order valence-corrected chi connectivity index (χ3v) is 2.40. The molecular formula is C10H15N5O2. The van der Waals surface area contributed by atoms with Crippen molar-refractivity contribution in [3.8, 4) is 0 Å². The molecule has 0 aromatic carbocycles. The standard InChI is InChI=1S/C10H15N5O2/c1-7(5-9(11)14-17)15(2)10(16)8-6-12-3-4-13-8/h3-4,6-7,17H,5H2,1-2H3,(H2,11,14). The summed E-state index contributed by atoms with van der Waals surface area (Å²) in [5.41, 5.74) is 5.65. The fraction of sp³-hybridized carbons (Fsp3) is 0.400. The van der Waals surface area contributed by atoms with Gasteiger partial charge in [0.05, 0.1) is 6.20 Å². The van der Waals surface area contributed by atoms with Crippen molar-refractivity contribution in [1.82, 2.24) is 14.9 Å². The fourth-order valence-electron chi connectivity index (χ4n) is 1.27. The molecule has 1 rings (SSSR count). The van der Waals surface area contributed by atoms with Crippen molar-refractivity contribution < 1.29 is 10.0 Å². The van der Waals surface area contributed by atoms with Gasteiger partial charge in [-0.1, -0.05) is 5.16 Å².